The zero-order valence-electron chi connectivity index (χ0n) is 10.4. The molecule has 0 unspecified atom stereocenters. The zero-order chi connectivity index (χ0) is 14.1. The molecule has 1 heterocycles. The van der Waals surface area contributed by atoms with Crippen molar-refractivity contribution in [1.29, 1.82) is 0 Å². The Morgan fingerprint density at radius 2 is 1.90 bits per heavy atom. The Balaban J connectivity index is 1.96. The summed E-state index contributed by atoms with van der Waals surface area (Å²) in [5, 5.41) is 4.33. The molecular weight excluding hydrogens is 277 g/mol. The van der Waals surface area contributed by atoms with E-state index in [2.05, 4.69) is 10.3 Å². The number of nitrogens with two attached hydrogens (primary N) is 1. The smallest absolute Gasteiger partial charge is 0.131 e. The van der Waals surface area contributed by atoms with Crippen LogP contribution in [0.15, 0.2) is 48.5 Å². The minimum atomic E-state index is -0.373. The number of benzene rings is 2. The molecule has 20 heavy (non-hydrogen) atoms. The summed E-state index contributed by atoms with van der Waals surface area (Å²) in [7, 11) is 0. The van der Waals surface area contributed by atoms with Crippen molar-refractivity contribution >= 4 is 39.7 Å². The molecule has 0 fully saturated rings. The summed E-state index contributed by atoms with van der Waals surface area (Å²) >= 11 is 5.97. The van der Waals surface area contributed by atoms with Crippen LogP contribution in [-0.2, 0) is 0 Å². The van der Waals surface area contributed by atoms with Gasteiger partial charge in [-0.2, -0.15) is 0 Å². The Kier molecular flexibility index (Phi) is 3.16. The minimum absolute atomic E-state index is 0.309. The average molecular weight is 288 g/mol. The van der Waals surface area contributed by atoms with Crippen molar-refractivity contribution in [2.45, 2.75) is 0 Å². The van der Waals surface area contributed by atoms with Gasteiger partial charge in [-0.25, -0.2) is 9.37 Å². The van der Waals surface area contributed by atoms with Crippen molar-refractivity contribution in [1.82, 2.24) is 4.98 Å². The van der Waals surface area contributed by atoms with Gasteiger partial charge in [-0.3, -0.25) is 0 Å². The fourth-order valence-corrected chi connectivity index (χ4v) is 2.16. The molecule has 1 aromatic heterocycles. The van der Waals surface area contributed by atoms with Crippen LogP contribution in [-0.4, -0.2) is 4.98 Å². The monoisotopic (exact) mass is 287 g/mol. The molecule has 0 saturated heterocycles. The molecule has 3 aromatic rings. The highest BCUT2D eigenvalue weighted by Gasteiger charge is 2.04. The molecule has 3 nitrogen and oxygen atoms in total. The Morgan fingerprint density at radius 3 is 2.70 bits per heavy atom. The van der Waals surface area contributed by atoms with Crippen molar-refractivity contribution in [2.24, 2.45) is 0 Å². The fraction of sp³-hybridized carbons (Fsp3) is 0. The van der Waals surface area contributed by atoms with Gasteiger partial charge < -0.3 is 11.1 Å². The van der Waals surface area contributed by atoms with Crippen molar-refractivity contribution in [3.05, 3.63) is 59.4 Å². The highest BCUT2D eigenvalue weighted by molar-refractivity contribution is 6.33. The van der Waals surface area contributed by atoms with E-state index < -0.39 is 0 Å². The highest BCUT2D eigenvalue weighted by atomic mass is 35.5. The lowest BCUT2D eigenvalue weighted by molar-refractivity contribution is 0.628. The summed E-state index contributed by atoms with van der Waals surface area (Å²) in [4.78, 5) is 4.46. The maximum atomic E-state index is 13.0. The third-order valence-corrected chi connectivity index (χ3v) is 3.22. The number of hydrogen-bond acceptors (Lipinski definition) is 3. The van der Waals surface area contributed by atoms with Gasteiger partial charge in [0.2, 0.25) is 0 Å². The maximum absolute atomic E-state index is 13.0. The molecule has 2 aromatic carbocycles. The van der Waals surface area contributed by atoms with Crippen LogP contribution in [0.25, 0.3) is 10.9 Å². The molecule has 3 rings (SSSR count). The first kappa shape index (κ1) is 12.7. The second-order valence-electron chi connectivity index (χ2n) is 4.40. The van der Waals surface area contributed by atoms with E-state index >= 15 is 0 Å². The Morgan fingerprint density at radius 1 is 1.05 bits per heavy atom. The predicted molar refractivity (Wildman–Crippen MR) is 80.8 cm³/mol. The summed E-state index contributed by atoms with van der Waals surface area (Å²) in [6, 6.07) is 13.4. The van der Waals surface area contributed by atoms with Gasteiger partial charge in [-0.05, 0) is 48.5 Å². The van der Waals surface area contributed by atoms with E-state index in [9.17, 15) is 4.39 Å². The van der Waals surface area contributed by atoms with E-state index in [0.717, 1.165) is 10.9 Å². The third kappa shape index (κ3) is 2.51. The first-order chi connectivity index (χ1) is 9.61. The molecule has 0 aliphatic carbocycles. The minimum Gasteiger partial charge on any atom is -0.399 e. The molecule has 3 N–H and O–H groups in total. The number of nitrogens with one attached hydrogen (secondary N) is 1. The van der Waals surface area contributed by atoms with Crippen LogP contribution in [0.3, 0.4) is 0 Å². The van der Waals surface area contributed by atoms with Crippen LogP contribution in [0.2, 0.25) is 5.02 Å². The molecule has 5 heteroatoms. The van der Waals surface area contributed by atoms with Gasteiger partial charge in [0.05, 0.1) is 16.2 Å². The Hall–Kier alpha value is -2.33. The van der Waals surface area contributed by atoms with Gasteiger partial charge in [0.25, 0.3) is 0 Å². The number of rotatable bonds is 2. The van der Waals surface area contributed by atoms with Crippen molar-refractivity contribution in [2.75, 3.05) is 11.1 Å². The molecule has 0 saturated carbocycles. The van der Waals surface area contributed by atoms with Crippen LogP contribution in [0, 0.1) is 5.82 Å². The van der Waals surface area contributed by atoms with E-state index in [1.165, 1.54) is 12.1 Å². The Labute approximate surface area is 120 Å². The van der Waals surface area contributed by atoms with Crippen LogP contribution < -0.4 is 11.1 Å². The van der Waals surface area contributed by atoms with Crippen LogP contribution in [0.1, 0.15) is 0 Å². The van der Waals surface area contributed by atoms with E-state index in [1.807, 2.05) is 24.3 Å². The van der Waals surface area contributed by atoms with Crippen molar-refractivity contribution in [3.63, 3.8) is 0 Å². The fourth-order valence-electron chi connectivity index (χ4n) is 1.94. The number of nitrogen functional groups attached to an aromatic ring is 1. The van der Waals surface area contributed by atoms with E-state index in [4.69, 9.17) is 17.3 Å². The topological polar surface area (TPSA) is 50.9 Å². The maximum Gasteiger partial charge on any atom is 0.131 e. The number of halogens is 2. The third-order valence-electron chi connectivity index (χ3n) is 2.91. The SMILES string of the molecule is Nc1ccc2nc(Nc3ccc(F)cc3Cl)ccc2c1. The number of aromatic nitrogens is 1. The average Bonchev–Trinajstić information content (AvgIpc) is 2.42. The lowest BCUT2D eigenvalue weighted by atomic mass is 10.2. The number of pyridine rings is 1. The van der Waals surface area contributed by atoms with Gasteiger partial charge in [-0.15, -0.1) is 0 Å². The number of nitrogens with zero attached hydrogens (tertiary/aromatic N) is 1. The zero-order valence-corrected chi connectivity index (χ0v) is 11.2. The van der Waals surface area contributed by atoms with Crippen LogP contribution in [0.5, 0.6) is 0 Å². The first-order valence-corrected chi connectivity index (χ1v) is 6.38. The lowest BCUT2D eigenvalue weighted by Gasteiger charge is -2.08. The molecule has 0 bridgehead atoms. The van der Waals surface area contributed by atoms with Gasteiger partial charge in [0.1, 0.15) is 11.6 Å². The number of hydrogen-bond donors (Lipinski definition) is 2. The molecule has 0 atom stereocenters. The molecule has 0 spiro atoms. The summed E-state index contributed by atoms with van der Waals surface area (Å²) in [5.41, 5.74) is 7.85. The summed E-state index contributed by atoms with van der Waals surface area (Å²) in [6.45, 7) is 0. The van der Waals surface area contributed by atoms with E-state index in [0.29, 0.717) is 22.2 Å². The molecule has 0 radical (unpaired) electrons. The Bertz CT molecular complexity index is 789. The first-order valence-electron chi connectivity index (χ1n) is 6.00. The molecular formula is C15H11ClFN3. The largest absolute Gasteiger partial charge is 0.399 e. The van der Waals surface area contributed by atoms with Gasteiger partial charge in [0.15, 0.2) is 0 Å². The number of fused-ring (bicyclic) bond motifs is 1. The summed E-state index contributed by atoms with van der Waals surface area (Å²) in [5.74, 6) is 0.262. The quantitative estimate of drug-likeness (QED) is 0.689. The highest BCUT2D eigenvalue weighted by Crippen LogP contribution is 2.26. The van der Waals surface area contributed by atoms with Gasteiger partial charge in [0, 0.05) is 11.1 Å². The van der Waals surface area contributed by atoms with Crippen molar-refractivity contribution in [3.8, 4) is 0 Å². The normalized spacial score (nSPS) is 10.7. The molecule has 0 aliphatic rings. The van der Waals surface area contributed by atoms with Crippen LogP contribution >= 0.6 is 11.6 Å². The lowest BCUT2D eigenvalue weighted by Crippen LogP contribution is -1.95. The summed E-state index contributed by atoms with van der Waals surface area (Å²) in [6.07, 6.45) is 0. The van der Waals surface area contributed by atoms with Crippen LogP contribution in [0.4, 0.5) is 21.6 Å². The summed E-state index contributed by atoms with van der Waals surface area (Å²) < 4.78 is 13.0. The molecule has 0 amide bonds. The second kappa shape index (κ2) is 4.98. The number of anilines is 3. The molecule has 0 aliphatic heterocycles. The molecule has 100 valence electrons. The standard InChI is InChI=1S/C15H11ClFN3/c16-12-8-10(17)2-4-14(12)20-15-6-1-9-7-11(18)3-5-13(9)19-15/h1-8H,18H2,(H,19,20). The second-order valence-corrected chi connectivity index (χ2v) is 4.80. The van der Waals surface area contributed by atoms with E-state index in [-0.39, 0.29) is 5.82 Å². The van der Waals surface area contributed by atoms with Gasteiger partial charge >= 0.3 is 0 Å². The van der Waals surface area contributed by atoms with Gasteiger partial charge in [-0.1, -0.05) is 11.6 Å². The van der Waals surface area contributed by atoms with Crippen molar-refractivity contribution < 1.29 is 4.39 Å². The predicted octanol–water partition coefficient (Wildman–Crippen LogP) is 4.35. The van der Waals surface area contributed by atoms with E-state index in [1.54, 1.807) is 12.1 Å².